The van der Waals surface area contributed by atoms with Crippen molar-refractivity contribution in [1.82, 2.24) is 15.5 Å². The average Bonchev–Trinajstić information content (AvgIpc) is 3.14. The zero-order valence-corrected chi connectivity index (χ0v) is 12.4. The molecule has 124 valence electrons. The summed E-state index contributed by atoms with van der Waals surface area (Å²) in [5.41, 5.74) is 2.87. The summed E-state index contributed by atoms with van der Waals surface area (Å²) in [6.45, 7) is 0.0645. The molecule has 9 heteroatoms. The SMILES string of the molecule is O=C1c2ccccc2C(=O)N1CON[NH+]([O-])N1CCC[C@H]1CO. The van der Waals surface area contributed by atoms with Crippen molar-refractivity contribution in [3.8, 4) is 0 Å². The lowest BCUT2D eigenvalue weighted by Crippen LogP contribution is -3.20. The van der Waals surface area contributed by atoms with Crippen LogP contribution < -0.4 is 10.9 Å². The molecule has 9 nitrogen and oxygen atoms in total. The van der Waals surface area contributed by atoms with E-state index in [0.29, 0.717) is 17.7 Å². The summed E-state index contributed by atoms with van der Waals surface area (Å²) in [6.07, 6.45) is 1.55. The quantitative estimate of drug-likeness (QED) is 0.429. The number of nitrogens with one attached hydrogen (secondary N) is 2. The highest BCUT2D eigenvalue weighted by Gasteiger charge is 2.35. The lowest BCUT2D eigenvalue weighted by Gasteiger charge is -2.32. The zero-order chi connectivity index (χ0) is 16.4. The third-order valence-electron chi connectivity index (χ3n) is 4.08. The molecule has 2 amide bonds. The van der Waals surface area contributed by atoms with Crippen molar-refractivity contribution in [3.05, 3.63) is 40.6 Å². The minimum atomic E-state index is -0.488. The number of aliphatic hydroxyl groups is 1. The molecule has 23 heavy (non-hydrogen) atoms. The Balaban J connectivity index is 1.54. The number of imide groups is 1. The molecule has 1 saturated heterocycles. The molecule has 0 spiro atoms. The van der Waals surface area contributed by atoms with Crippen molar-refractivity contribution in [2.24, 2.45) is 0 Å². The molecular weight excluding hydrogens is 304 g/mol. The first kappa shape index (κ1) is 16.0. The largest absolute Gasteiger partial charge is 0.591 e. The van der Waals surface area contributed by atoms with Gasteiger partial charge in [-0.15, -0.1) is 5.01 Å². The number of fused-ring (bicyclic) bond motifs is 1. The summed E-state index contributed by atoms with van der Waals surface area (Å²) in [5, 5.41) is 22.1. The maximum Gasteiger partial charge on any atom is 0.263 e. The molecule has 0 radical (unpaired) electrons. The molecule has 0 bridgehead atoms. The minimum absolute atomic E-state index is 0.105. The monoisotopic (exact) mass is 322 g/mol. The summed E-state index contributed by atoms with van der Waals surface area (Å²) in [6, 6.07) is 6.28. The van der Waals surface area contributed by atoms with Gasteiger partial charge < -0.3 is 10.3 Å². The first-order valence-electron chi connectivity index (χ1n) is 7.38. The molecule has 2 aliphatic rings. The van der Waals surface area contributed by atoms with E-state index in [1.807, 2.05) is 0 Å². The maximum atomic E-state index is 12.1. The Kier molecular flexibility index (Phi) is 4.66. The summed E-state index contributed by atoms with van der Waals surface area (Å²) in [7, 11) is 0. The predicted octanol–water partition coefficient (Wildman–Crippen LogP) is -1.57. The summed E-state index contributed by atoms with van der Waals surface area (Å²) >= 11 is 0. The van der Waals surface area contributed by atoms with E-state index in [2.05, 4.69) is 5.59 Å². The standard InChI is InChI=1S/C14H18N4O5/c19-8-10-4-3-7-17(10)18(22)15-23-9-16-13(20)11-5-1-2-6-12(11)14(16)21/h1-2,5-6,10,15,18-19H,3-4,7-9H2/t10-/m0/s1. The third-order valence-corrected chi connectivity index (χ3v) is 4.08. The van der Waals surface area contributed by atoms with Gasteiger partial charge in [0, 0.05) is 0 Å². The van der Waals surface area contributed by atoms with Crippen LogP contribution in [0.3, 0.4) is 0 Å². The third kappa shape index (κ3) is 2.98. The molecule has 2 atom stereocenters. The van der Waals surface area contributed by atoms with Gasteiger partial charge in [0.05, 0.1) is 30.3 Å². The lowest BCUT2D eigenvalue weighted by molar-refractivity contribution is -1.04. The lowest BCUT2D eigenvalue weighted by atomic mass is 10.1. The fourth-order valence-electron chi connectivity index (χ4n) is 2.87. The van der Waals surface area contributed by atoms with E-state index in [1.165, 1.54) is 5.01 Å². The van der Waals surface area contributed by atoms with Gasteiger partial charge in [0.1, 0.15) is 0 Å². The van der Waals surface area contributed by atoms with Crippen LogP contribution >= 0.6 is 0 Å². The summed E-state index contributed by atoms with van der Waals surface area (Å²) in [4.78, 5) is 30.2. The number of hydrogen-bond acceptors (Lipinski definition) is 7. The molecule has 1 unspecified atom stereocenters. The molecular formula is C14H18N4O5. The van der Waals surface area contributed by atoms with Gasteiger partial charge in [0.25, 0.3) is 11.8 Å². The minimum Gasteiger partial charge on any atom is -0.591 e. The van der Waals surface area contributed by atoms with E-state index in [4.69, 9.17) is 4.84 Å². The van der Waals surface area contributed by atoms with E-state index >= 15 is 0 Å². The van der Waals surface area contributed by atoms with Gasteiger partial charge in [-0.3, -0.25) is 9.59 Å². The fraction of sp³-hybridized carbons (Fsp3) is 0.429. The molecule has 0 saturated carbocycles. The van der Waals surface area contributed by atoms with Gasteiger partial charge in [-0.1, -0.05) is 12.1 Å². The number of amides is 2. The fourth-order valence-corrected chi connectivity index (χ4v) is 2.87. The number of rotatable bonds is 6. The first-order chi connectivity index (χ1) is 11.1. The average molecular weight is 322 g/mol. The van der Waals surface area contributed by atoms with Crippen LogP contribution in [0.1, 0.15) is 33.6 Å². The number of hydrogen-bond donors (Lipinski definition) is 3. The van der Waals surface area contributed by atoms with E-state index in [0.717, 1.165) is 17.7 Å². The van der Waals surface area contributed by atoms with Crippen LogP contribution in [0, 0.1) is 5.21 Å². The maximum absolute atomic E-state index is 12.1. The van der Waals surface area contributed by atoms with Crippen LogP contribution in [-0.4, -0.2) is 52.8 Å². The highest BCUT2D eigenvalue weighted by atomic mass is 16.8. The van der Waals surface area contributed by atoms with Gasteiger partial charge in [-0.2, -0.15) is 5.28 Å². The molecule has 0 aromatic heterocycles. The van der Waals surface area contributed by atoms with Gasteiger partial charge >= 0.3 is 0 Å². The van der Waals surface area contributed by atoms with Crippen molar-refractivity contribution < 1.29 is 24.8 Å². The normalized spacial score (nSPS) is 22.7. The number of benzene rings is 1. The van der Waals surface area contributed by atoms with Crippen molar-refractivity contribution >= 4 is 11.8 Å². The Morgan fingerprint density at radius 2 is 1.96 bits per heavy atom. The van der Waals surface area contributed by atoms with Crippen LogP contribution in [0.25, 0.3) is 0 Å². The number of carbonyl (C=O) groups is 2. The first-order valence-corrected chi connectivity index (χ1v) is 7.38. The number of quaternary nitrogens is 1. The number of aliphatic hydroxyl groups excluding tert-OH is 1. The van der Waals surface area contributed by atoms with Crippen molar-refractivity contribution in [2.75, 3.05) is 19.9 Å². The Hall–Kier alpha value is -1.88. The number of carbonyl (C=O) groups excluding carboxylic acids is 2. The summed E-state index contributed by atoms with van der Waals surface area (Å²) in [5.74, 6) is -0.900. The van der Waals surface area contributed by atoms with Gasteiger partial charge in [0.15, 0.2) is 6.73 Å². The van der Waals surface area contributed by atoms with E-state index < -0.39 is 17.1 Å². The van der Waals surface area contributed by atoms with Crippen molar-refractivity contribution in [2.45, 2.75) is 18.9 Å². The van der Waals surface area contributed by atoms with Crippen molar-refractivity contribution in [3.63, 3.8) is 0 Å². The van der Waals surface area contributed by atoms with E-state index in [1.54, 1.807) is 24.3 Å². The van der Waals surface area contributed by atoms with E-state index in [-0.39, 0.29) is 19.4 Å². The van der Waals surface area contributed by atoms with Crippen LogP contribution in [0.4, 0.5) is 0 Å². The highest BCUT2D eigenvalue weighted by molar-refractivity contribution is 6.21. The van der Waals surface area contributed by atoms with Gasteiger partial charge in [-0.05, 0) is 30.6 Å². The van der Waals surface area contributed by atoms with Gasteiger partial charge in [-0.25, -0.2) is 9.74 Å². The van der Waals surface area contributed by atoms with Crippen LogP contribution in [0.15, 0.2) is 24.3 Å². The van der Waals surface area contributed by atoms with Crippen LogP contribution in [0.2, 0.25) is 0 Å². The van der Waals surface area contributed by atoms with Crippen LogP contribution in [0.5, 0.6) is 0 Å². The highest BCUT2D eigenvalue weighted by Crippen LogP contribution is 2.21. The molecule has 0 aliphatic carbocycles. The van der Waals surface area contributed by atoms with Crippen molar-refractivity contribution in [1.29, 1.82) is 0 Å². The Morgan fingerprint density at radius 3 is 2.57 bits per heavy atom. The Bertz CT molecular complexity index is 576. The second-order valence-electron chi connectivity index (χ2n) is 5.44. The second kappa shape index (κ2) is 6.71. The molecule has 3 rings (SSSR count). The number of nitrogens with zero attached hydrogens (tertiary/aromatic N) is 2. The Labute approximate surface area is 132 Å². The van der Waals surface area contributed by atoms with Crippen LogP contribution in [-0.2, 0) is 4.84 Å². The molecule has 3 N–H and O–H groups in total. The van der Waals surface area contributed by atoms with Gasteiger partial charge in [0.2, 0.25) is 0 Å². The smallest absolute Gasteiger partial charge is 0.263 e. The Morgan fingerprint density at radius 1 is 1.30 bits per heavy atom. The molecule has 2 aliphatic heterocycles. The molecule has 2 heterocycles. The second-order valence-corrected chi connectivity index (χ2v) is 5.44. The zero-order valence-electron chi connectivity index (χ0n) is 12.4. The molecule has 1 aromatic carbocycles. The molecule has 1 aromatic rings. The molecule has 1 fully saturated rings. The topological polar surface area (TPSA) is 110 Å². The summed E-state index contributed by atoms with van der Waals surface area (Å²) < 4.78 is 0. The predicted molar refractivity (Wildman–Crippen MR) is 77.2 cm³/mol. The van der Waals surface area contributed by atoms with E-state index in [9.17, 15) is 19.9 Å².